The third-order valence-corrected chi connectivity index (χ3v) is 7.15. The van der Waals surface area contributed by atoms with Crippen molar-refractivity contribution in [3.63, 3.8) is 0 Å². The molecule has 2 amide bonds. The number of ether oxygens (including phenoxy) is 3. The first kappa shape index (κ1) is 26.9. The van der Waals surface area contributed by atoms with Gasteiger partial charge in [-0.15, -0.1) is 11.8 Å². The lowest BCUT2D eigenvalue weighted by atomic mass is 9.93. The number of methoxy groups -OCH3 is 1. The van der Waals surface area contributed by atoms with Gasteiger partial charge in [-0.2, -0.15) is 0 Å². The summed E-state index contributed by atoms with van der Waals surface area (Å²) in [6.45, 7) is 8.48. The van der Waals surface area contributed by atoms with Gasteiger partial charge >= 0.3 is 18.0 Å². The molecule has 2 N–H and O–H groups in total. The maximum atomic E-state index is 12.5. The van der Waals surface area contributed by atoms with E-state index >= 15 is 0 Å². The van der Waals surface area contributed by atoms with Gasteiger partial charge < -0.3 is 24.8 Å². The molecule has 1 aromatic carbocycles. The van der Waals surface area contributed by atoms with Gasteiger partial charge in [0.15, 0.2) is 0 Å². The van der Waals surface area contributed by atoms with Crippen molar-refractivity contribution in [3.05, 3.63) is 33.9 Å². The van der Waals surface area contributed by atoms with Crippen molar-refractivity contribution in [3.8, 4) is 5.75 Å². The highest BCUT2D eigenvalue weighted by molar-refractivity contribution is 7.99. The smallest absolute Gasteiger partial charge is 0.341 e. The predicted molar refractivity (Wildman–Crippen MR) is 136 cm³/mol. The number of fused-ring (bicyclic) bond motifs is 1. The Hall–Kier alpha value is -2.72. The molecule has 2 aliphatic rings. The Morgan fingerprint density at radius 3 is 2.77 bits per heavy atom. The fourth-order valence-corrected chi connectivity index (χ4v) is 5.21. The second-order valence-corrected chi connectivity index (χ2v) is 9.63. The molecule has 10 heteroatoms. The van der Waals surface area contributed by atoms with Crippen LogP contribution in [0.15, 0.2) is 11.6 Å². The van der Waals surface area contributed by atoms with Crippen LogP contribution in [0.1, 0.15) is 53.7 Å². The highest BCUT2D eigenvalue weighted by Gasteiger charge is 2.32. The second kappa shape index (κ2) is 12.8. The molecule has 0 unspecified atom stereocenters. The molecule has 1 saturated heterocycles. The molecule has 0 saturated carbocycles. The lowest BCUT2D eigenvalue weighted by molar-refractivity contribution is -0.143. The van der Waals surface area contributed by atoms with Crippen molar-refractivity contribution in [1.29, 1.82) is 0 Å². The molecule has 1 aromatic rings. The van der Waals surface area contributed by atoms with Crippen LogP contribution in [0.5, 0.6) is 5.75 Å². The Morgan fingerprint density at radius 1 is 1.29 bits per heavy atom. The van der Waals surface area contributed by atoms with Gasteiger partial charge in [-0.05, 0) is 39.2 Å². The average Bonchev–Trinajstić information content (AvgIpc) is 3.48. The molecule has 0 aliphatic carbocycles. The fourth-order valence-electron chi connectivity index (χ4n) is 4.18. The Bertz CT molecular complexity index is 988. The Balaban J connectivity index is 1.70. The van der Waals surface area contributed by atoms with E-state index in [2.05, 4.69) is 15.5 Å². The molecule has 0 atom stereocenters. The Morgan fingerprint density at radius 2 is 2.09 bits per heavy atom. The third-order valence-electron chi connectivity index (χ3n) is 6.13. The van der Waals surface area contributed by atoms with Gasteiger partial charge in [0.25, 0.3) is 0 Å². The van der Waals surface area contributed by atoms with E-state index in [4.69, 9.17) is 14.2 Å². The van der Waals surface area contributed by atoms with Gasteiger partial charge in [0, 0.05) is 48.8 Å². The Labute approximate surface area is 210 Å². The molecular weight excluding hydrogens is 470 g/mol. The molecule has 1 fully saturated rings. The predicted octanol–water partition coefficient (Wildman–Crippen LogP) is 3.63. The number of esters is 2. The lowest BCUT2D eigenvalue weighted by Crippen LogP contribution is -2.29. The van der Waals surface area contributed by atoms with E-state index in [9.17, 15) is 14.4 Å². The van der Waals surface area contributed by atoms with Gasteiger partial charge in [0.05, 0.1) is 18.4 Å². The number of allylic oxidation sites excluding steroid dienone is 2. The van der Waals surface area contributed by atoms with Crippen molar-refractivity contribution in [2.45, 2.75) is 46.6 Å². The molecular formula is C25H35N3O6S. The lowest BCUT2D eigenvalue weighted by Gasteiger charge is -2.20. The van der Waals surface area contributed by atoms with Crippen LogP contribution in [-0.4, -0.2) is 67.9 Å². The highest BCUT2D eigenvalue weighted by Crippen LogP contribution is 2.41. The van der Waals surface area contributed by atoms with Crippen LogP contribution in [0.4, 0.5) is 10.5 Å². The summed E-state index contributed by atoms with van der Waals surface area (Å²) < 4.78 is 16.3. The van der Waals surface area contributed by atoms with Crippen LogP contribution < -0.4 is 15.4 Å². The summed E-state index contributed by atoms with van der Waals surface area (Å²) in [6, 6.07) is -0.405. The van der Waals surface area contributed by atoms with Crippen molar-refractivity contribution in [2.24, 2.45) is 0 Å². The molecule has 0 radical (unpaired) electrons. The first-order valence-corrected chi connectivity index (χ1v) is 13.1. The largest absolute Gasteiger partial charge is 0.496 e. The van der Waals surface area contributed by atoms with Crippen LogP contribution in [0.3, 0.4) is 0 Å². The normalized spacial score (nSPS) is 15.5. The van der Waals surface area contributed by atoms with Crippen molar-refractivity contribution >= 4 is 35.4 Å². The monoisotopic (exact) mass is 505 g/mol. The molecule has 2 heterocycles. The van der Waals surface area contributed by atoms with Gasteiger partial charge in [-0.25, -0.2) is 9.59 Å². The van der Waals surface area contributed by atoms with Crippen molar-refractivity contribution < 1.29 is 28.6 Å². The number of cyclic esters (lactones) is 1. The number of rotatable bonds is 11. The first-order chi connectivity index (χ1) is 16.8. The summed E-state index contributed by atoms with van der Waals surface area (Å²) in [5, 5.41) is 5.52. The van der Waals surface area contributed by atoms with Crippen LogP contribution in [0.2, 0.25) is 0 Å². The first-order valence-electron chi connectivity index (χ1n) is 11.9. The van der Waals surface area contributed by atoms with E-state index in [1.807, 2.05) is 38.6 Å². The fraction of sp³-hybridized carbons (Fsp3) is 0.560. The molecule has 2 aliphatic heterocycles. The van der Waals surface area contributed by atoms with Gasteiger partial charge in [0.1, 0.15) is 19.0 Å². The van der Waals surface area contributed by atoms with Crippen molar-refractivity contribution in [1.82, 2.24) is 10.2 Å². The number of nitrogens with zero attached hydrogens (tertiary/aromatic N) is 1. The number of hydrogen-bond acceptors (Lipinski definition) is 8. The van der Waals surface area contributed by atoms with E-state index in [-0.39, 0.29) is 12.6 Å². The van der Waals surface area contributed by atoms with Gasteiger partial charge in [-0.1, -0.05) is 11.6 Å². The number of benzene rings is 1. The van der Waals surface area contributed by atoms with E-state index in [0.29, 0.717) is 55.0 Å². The zero-order valence-corrected chi connectivity index (χ0v) is 21.8. The van der Waals surface area contributed by atoms with E-state index in [1.165, 1.54) is 0 Å². The standard InChI is InChI=1S/C25H35N3O6S/c1-5-26-25(31)27-22-18(23(32-4)17(3)19-14-34-24(30)21(19)22)8-6-16(2)7-9-20(29)33-12-10-28-11-13-35-15-28/h6H,5,7-15H2,1-4H3,(H2,26,27,31). The van der Waals surface area contributed by atoms with Gasteiger partial charge in [0.2, 0.25) is 0 Å². The number of nitrogens with one attached hydrogen (secondary N) is 2. The average molecular weight is 506 g/mol. The molecule has 35 heavy (non-hydrogen) atoms. The van der Waals surface area contributed by atoms with E-state index in [1.54, 1.807) is 7.11 Å². The molecule has 0 spiro atoms. The molecule has 0 bridgehead atoms. The summed E-state index contributed by atoms with van der Waals surface area (Å²) in [7, 11) is 1.57. The summed E-state index contributed by atoms with van der Waals surface area (Å²) in [6.07, 6.45) is 3.26. The van der Waals surface area contributed by atoms with E-state index < -0.39 is 12.0 Å². The number of carbonyl (C=O) groups excluding carboxylic acids is 3. The number of thioether (sulfide) groups is 1. The van der Waals surface area contributed by atoms with Crippen molar-refractivity contribution in [2.75, 3.05) is 50.3 Å². The number of urea groups is 1. The number of carbonyl (C=O) groups is 3. The number of anilines is 1. The quantitative estimate of drug-likeness (QED) is 0.347. The van der Waals surface area contributed by atoms with Crippen LogP contribution in [0.25, 0.3) is 0 Å². The molecule has 192 valence electrons. The number of amides is 2. The second-order valence-electron chi connectivity index (χ2n) is 8.56. The number of hydrogen-bond donors (Lipinski definition) is 2. The van der Waals surface area contributed by atoms with Crippen LogP contribution >= 0.6 is 11.8 Å². The van der Waals surface area contributed by atoms with E-state index in [0.717, 1.165) is 41.4 Å². The summed E-state index contributed by atoms with van der Waals surface area (Å²) in [5.41, 5.74) is 4.01. The maximum Gasteiger partial charge on any atom is 0.341 e. The zero-order chi connectivity index (χ0) is 25.4. The molecule has 0 aromatic heterocycles. The van der Waals surface area contributed by atoms with Gasteiger partial charge in [-0.3, -0.25) is 9.69 Å². The minimum atomic E-state index is -0.463. The minimum absolute atomic E-state index is 0.147. The minimum Gasteiger partial charge on any atom is -0.496 e. The van der Waals surface area contributed by atoms with Crippen LogP contribution in [0, 0.1) is 6.92 Å². The Kier molecular flexibility index (Phi) is 9.85. The topological polar surface area (TPSA) is 106 Å². The highest BCUT2D eigenvalue weighted by atomic mass is 32.2. The molecule has 3 rings (SSSR count). The summed E-state index contributed by atoms with van der Waals surface area (Å²) in [5.74, 6) is 2.07. The molecule has 9 nitrogen and oxygen atoms in total. The van der Waals surface area contributed by atoms with Crippen LogP contribution in [-0.2, 0) is 27.3 Å². The zero-order valence-electron chi connectivity index (χ0n) is 21.0. The summed E-state index contributed by atoms with van der Waals surface area (Å²) >= 11 is 1.89. The maximum absolute atomic E-state index is 12.5. The third kappa shape index (κ3) is 6.91. The SMILES string of the molecule is CCNC(=O)Nc1c(CC=C(C)CCC(=O)OCCN2CCSC2)c(OC)c(C)c2c1C(=O)OC2. The summed E-state index contributed by atoms with van der Waals surface area (Å²) in [4.78, 5) is 39.3.